The number of sulfonamides is 1. The van der Waals surface area contributed by atoms with Gasteiger partial charge in [-0.25, -0.2) is 18.1 Å². The molecule has 0 saturated carbocycles. The minimum absolute atomic E-state index is 0.0212. The fourth-order valence-electron chi connectivity index (χ4n) is 1.80. The van der Waals surface area contributed by atoms with E-state index in [0.29, 0.717) is 16.7 Å². The van der Waals surface area contributed by atoms with Gasteiger partial charge in [0, 0.05) is 25.4 Å². The Morgan fingerprint density at radius 1 is 1.29 bits per heavy atom. The first-order chi connectivity index (χ1) is 9.92. The number of pyridine rings is 1. The second-order valence-electron chi connectivity index (χ2n) is 4.42. The van der Waals surface area contributed by atoms with Gasteiger partial charge < -0.3 is 11.1 Å². The number of nitrogens with zero attached hydrogens (tertiary/aromatic N) is 1. The van der Waals surface area contributed by atoms with Crippen molar-refractivity contribution >= 4 is 32.7 Å². The van der Waals surface area contributed by atoms with Gasteiger partial charge >= 0.3 is 0 Å². The Morgan fingerprint density at radius 3 is 2.71 bits per heavy atom. The van der Waals surface area contributed by atoms with Crippen LogP contribution in [-0.2, 0) is 14.8 Å². The summed E-state index contributed by atoms with van der Waals surface area (Å²) in [6.45, 7) is -0.0212. The predicted octanol–water partition coefficient (Wildman–Crippen LogP) is 0.430. The van der Waals surface area contributed by atoms with Gasteiger partial charge in [0.25, 0.3) is 0 Å². The van der Waals surface area contributed by atoms with Crippen LogP contribution >= 0.6 is 0 Å². The summed E-state index contributed by atoms with van der Waals surface area (Å²) in [5.41, 5.74) is 5.67. The molecule has 0 spiro atoms. The summed E-state index contributed by atoms with van der Waals surface area (Å²) in [6, 6.07) is 8.20. The number of carbonyl (C=O) groups is 1. The van der Waals surface area contributed by atoms with Crippen LogP contribution in [-0.4, -0.2) is 32.9 Å². The molecule has 1 aromatic carbocycles. The Kier molecular flexibility index (Phi) is 4.39. The molecule has 0 unspecified atom stereocenters. The molecule has 4 N–H and O–H groups in total. The maximum Gasteiger partial charge on any atom is 0.240 e. The summed E-state index contributed by atoms with van der Waals surface area (Å²) >= 11 is 0. The molecule has 1 heterocycles. The lowest BCUT2D eigenvalue weighted by atomic mass is 10.2. The highest BCUT2D eigenvalue weighted by molar-refractivity contribution is 7.89. The van der Waals surface area contributed by atoms with Gasteiger partial charge in [-0.2, -0.15) is 0 Å². The molecule has 1 aromatic heterocycles. The first kappa shape index (κ1) is 15.2. The van der Waals surface area contributed by atoms with E-state index in [1.165, 1.54) is 12.1 Å². The summed E-state index contributed by atoms with van der Waals surface area (Å²) < 4.78 is 26.5. The van der Waals surface area contributed by atoms with Gasteiger partial charge in [0.15, 0.2) is 0 Å². The van der Waals surface area contributed by atoms with E-state index in [9.17, 15) is 13.2 Å². The zero-order chi connectivity index (χ0) is 15.5. The van der Waals surface area contributed by atoms with Crippen LogP contribution in [0.15, 0.2) is 35.2 Å². The number of aromatic nitrogens is 1. The van der Waals surface area contributed by atoms with Gasteiger partial charge in [-0.1, -0.05) is 0 Å². The highest BCUT2D eigenvalue weighted by Crippen LogP contribution is 2.19. The third-order valence-corrected chi connectivity index (χ3v) is 4.35. The lowest BCUT2D eigenvalue weighted by Crippen LogP contribution is -2.28. The van der Waals surface area contributed by atoms with E-state index >= 15 is 0 Å². The van der Waals surface area contributed by atoms with E-state index in [-0.39, 0.29) is 17.9 Å². The maximum atomic E-state index is 12.1. The van der Waals surface area contributed by atoms with Crippen LogP contribution in [0.1, 0.15) is 6.42 Å². The third kappa shape index (κ3) is 3.67. The Bertz CT molecular complexity index is 774. The van der Waals surface area contributed by atoms with E-state index in [1.807, 2.05) is 0 Å². The number of hydrogen-bond donors (Lipinski definition) is 3. The number of fused-ring (bicyclic) bond motifs is 1. The zero-order valence-corrected chi connectivity index (χ0v) is 12.3. The van der Waals surface area contributed by atoms with Crippen molar-refractivity contribution in [2.75, 3.05) is 18.9 Å². The van der Waals surface area contributed by atoms with Crippen LogP contribution in [0.2, 0.25) is 0 Å². The average Bonchev–Trinajstić information content (AvgIpc) is 2.45. The molecule has 21 heavy (non-hydrogen) atoms. The summed E-state index contributed by atoms with van der Waals surface area (Å²) in [7, 11) is -1.90. The van der Waals surface area contributed by atoms with E-state index in [0.717, 1.165) is 0 Å². The maximum absolute atomic E-state index is 12.1. The van der Waals surface area contributed by atoms with Crippen LogP contribution in [0.25, 0.3) is 10.9 Å². The molecule has 0 saturated heterocycles. The van der Waals surface area contributed by atoms with Crippen molar-refractivity contribution in [2.24, 2.45) is 5.73 Å². The van der Waals surface area contributed by atoms with Crippen LogP contribution in [0.5, 0.6) is 0 Å². The van der Waals surface area contributed by atoms with Gasteiger partial charge in [-0.15, -0.1) is 0 Å². The number of primary amides is 1. The number of hydrogen-bond acceptors (Lipinski definition) is 5. The van der Waals surface area contributed by atoms with Gasteiger partial charge in [0.1, 0.15) is 5.82 Å². The Labute approximate surface area is 122 Å². The standard InChI is InChI=1S/C13H16N4O3S/c1-15-13-5-2-9-8-10(3-4-11(9)17-13)21(19,20)16-7-6-12(14)18/h2-5,8,16H,6-7H2,1H3,(H2,14,18)(H,15,17). The second kappa shape index (κ2) is 6.06. The molecule has 0 aliphatic heterocycles. The number of anilines is 1. The van der Waals surface area contributed by atoms with Crippen molar-refractivity contribution in [2.45, 2.75) is 11.3 Å². The number of rotatable bonds is 6. The van der Waals surface area contributed by atoms with Gasteiger partial charge in [0.2, 0.25) is 15.9 Å². The van der Waals surface area contributed by atoms with Crippen LogP contribution in [0, 0.1) is 0 Å². The second-order valence-corrected chi connectivity index (χ2v) is 6.18. The van der Waals surface area contributed by atoms with Crippen molar-refractivity contribution in [3.05, 3.63) is 30.3 Å². The van der Waals surface area contributed by atoms with Crippen molar-refractivity contribution in [1.82, 2.24) is 9.71 Å². The monoisotopic (exact) mass is 308 g/mol. The van der Waals surface area contributed by atoms with Crippen molar-refractivity contribution in [3.63, 3.8) is 0 Å². The lowest BCUT2D eigenvalue weighted by molar-refractivity contribution is -0.117. The van der Waals surface area contributed by atoms with Crippen molar-refractivity contribution in [1.29, 1.82) is 0 Å². The highest BCUT2D eigenvalue weighted by Gasteiger charge is 2.14. The Hall–Kier alpha value is -2.19. The fourth-order valence-corrected chi connectivity index (χ4v) is 2.87. The Morgan fingerprint density at radius 2 is 2.05 bits per heavy atom. The molecule has 0 radical (unpaired) electrons. The molecule has 7 nitrogen and oxygen atoms in total. The molecular weight excluding hydrogens is 292 g/mol. The minimum atomic E-state index is -3.66. The summed E-state index contributed by atoms with van der Waals surface area (Å²) in [5, 5.41) is 3.63. The zero-order valence-electron chi connectivity index (χ0n) is 11.5. The highest BCUT2D eigenvalue weighted by atomic mass is 32.2. The molecule has 2 aromatic rings. The van der Waals surface area contributed by atoms with Crippen molar-refractivity contribution < 1.29 is 13.2 Å². The van der Waals surface area contributed by atoms with E-state index in [1.54, 1.807) is 25.2 Å². The summed E-state index contributed by atoms with van der Waals surface area (Å²) in [6.07, 6.45) is -0.0418. The summed E-state index contributed by atoms with van der Waals surface area (Å²) in [4.78, 5) is 15.1. The fraction of sp³-hybridized carbons (Fsp3) is 0.231. The molecule has 1 amide bonds. The predicted molar refractivity (Wildman–Crippen MR) is 80.3 cm³/mol. The Balaban J connectivity index is 2.27. The minimum Gasteiger partial charge on any atom is -0.373 e. The van der Waals surface area contributed by atoms with E-state index < -0.39 is 15.9 Å². The SMILES string of the molecule is CNc1ccc2cc(S(=O)(=O)NCCC(N)=O)ccc2n1. The molecular formula is C13H16N4O3S. The van der Waals surface area contributed by atoms with E-state index in [2.05, 4.69) is 15.0 Å². The quantitative estimate of drug-likeness (QED) is 0.716. The molecule has 0 atom stereocenters. The van der Waals surface area contributed by atoms with Gasteiger partial charge in [-0.05, 0) is 30.3 Å². The molecule has 2 rings (SSSR count). The normalized spacial score (nSPS) is 11.5. The van der Waals surface area contributed by atoms with Gasteiger partial charge in [-0.3, -0.25) is 4.79 Å². The number of carbonyl (C=O) groups excluding carboxylic acids is 1. The largest absolute Gasteiger partial charge is 0.373 e. The topological polar surface area (TPSA) is 114 Å². The third-order valence-electron chi connectivity index (χ3n) is 2.89. The van der Waals surface area contributed by atoms with Crippen LogP contribution in [0.4, 0.5) is 5.82 Å². The smallest absolute Gasteiger partial charge is 0.240 e. The molecule has 0 aliphatic rings. The number of benzene rings is 1. The van der Waals surface area contributed by atoms with Crippen molar-refractivity contribution in [3.8, 4) is 0 Å². The van der Waals surface area contributed by atoms with E-state index in [4.69, 9.17) is 5.73 Å². The van der Waals surface area contributed by atoms with Crippen LogP contribution < -0.4 is 15.8 Å². The number of amides is 1. The number of nitrogens with two attached hydrogens (primary N) is 1. The first-order valence-corrected chi connectivity index (χ1v) is 7.77. The van der Waals surface area contributed by atoms with Gasteiger partial charge in [0.05, 0.1) is 10.4 Å². The molecule has 0 fully saturated rings. The summed E-state index contributed by atoms with van der Waals surface area (Å²) in [5.74, 6) is 0.151. The molecule has 0 bridgehead atoms. The number of nitrogens with one attached hydrogen (secondary N) is 2. The van der Waals surface area contributed by atoms with Crippen LogP contribution in [0.3, 0.4) is 0 Å². The first-order valence-electron chi connectivity index (χ1n) is 6.29. The molecule has 0 aliphatic carbocycles. The lowest BCUT2D eigenvalue weighted by Gasteiger charge is -2.07. The molecule has 8 heteroatoms. The average molecular weight is 308 g/mol. The molecule has 112 valence electrons.